The van der Waals surface area contributed by atoms with Crippen LogP contribution in [0.2, 0.25) is 10.0 Å². The van der Waals surface area contributed by atoms with E-state index in [1.807, 2.05) is 0 Å². The third-order valence-corrected chi connectivity index (χ3v) is 7.35. The fourth-order valence-corrected chi connectivity index (χ4v) is 5.21. The van der Waals surface area contributed by atoms with Crippen LogP contribution < -0.4 is 10.6 Å². The van der Waals surface area contributed by atoms with E-state index in [0.29, 0.717) is 35.9 Å². The molecular formula is C26H33Cl2N5O4. The van der Waals surface area contributed by atoms with E-state index >= 15 is 0 Å². The summed E-state index contributed by atoms with van der Waals surface area (Å²) in [6, 6.07) is 3.52. The van der Waals surface area contributed by atoms with Crippen molar-refractivity contribution >= 4 is 41.1 Å². The second-order valence-electron chi connectivity index (χ2n) is 10.7. The molecule has 37 heavy (non-hydrogen) atoms. The summed E-state index contributed by atoms with van der Waals surface area (Å²) >= 11 is 12.2. The van der Waals surface area contributed by atoms with E-state index in [-0.39, 0.29) is 24.3 Å². The van der Waals surface area contributed by atoms with E-state index in [1.54, 1.807) is 50.1 Å². The number of H-pyrrole nitrogens is 1. The fraction of sp³-hybridized carbons (Fsp3) is 0.538. The molecule has 2 heterocycles. The summed E-state index contributed by atoms with van der Waals surface area (Å²) in [5, 5.41) is 13.7. The van der Waals surface area contributed by atoms with Crippen LogP contribution in [-0.4, -0.2) is 63.3 Å². The molecule has 1 aromatic heterocycles. The van der Waals surface area contributed by atoms with E-state index in [4.69, 9.17) is 27.9 Å². The van der Waals surface area contributed by atoms with Crippen LogP contribution in [0.25, 0.3) is 0 Å². The summed E-state index contributed by atoms with van der Waals surface area (Å²) in [6.07, 6.45) is 4.86. The van der Waals surface area contributed by atoms with Crippen LogP contribution in [0.15, 0.2) is 24.4 Å². The van der Waals surface area contributed by atoms with Crippen molar-refractivity contribution in [3.8, 4) is 0 Å². The van der Waals surface area contributed by atoms with Crippen molar-refractivity contribution in [3.05, 3.63) is 51.3 Å². The van der Waals surface area contributed by atoms with Gasteiger partial charge in [-0.3, -0.25) is 14.7 Å². The summed E-state index contributed by atoms with van der Waals surface area (Å²) in [4.78, 5) is 41.2. The van der Waals surface area contributed by atoms with Gasteiger partial charge < -0.3 is 20.3 Å². The number of hydrogen-bond donors (Lipinski definition) is 3. The number of nitrogens with one attached hydrogen (secondary N) is 3. The lowest BCUT2D eigenvalue weighted by Crippen LogP contribution is -2.55. The number of fused-ring (bicyclic) bond motifs is 1. The van der Waals surface area contributed by atoms with Crippen molar-refractivity contribution < 1.29 is 19.1 Å². The summed E-state index contributed by atoms with van der Waals surface area (Å²) in [7, 11) is 0. The highest BCUT2D eigenvalue weighted by atomic mass is 35.5. The Morgan fingerprint density at radius 1 is 1.22 bits per heavy atom. The molecule has 0 bridgehead atoms. The maximum Gasteiger partial charge on any atom is 0.408 e. The van der Waals surface area contributed by atoms with Crippen LogP contribution in [0.4, 0.5) is 4.79 Å². The minimum Gasteiger partial charge on any atom is -0.444 e. The molecule has 1 unspecified atom stereocenters. The van der Waals surface area contributed by atoms with E-state index in [2.05, 4.69) is 20.8 Å². The van der Waals surface area contributed by atoms with Crippen LogP contribution in [0, 0.1) is 0 Å². The molecule has 1 aromatic carbocycles. The van der Waals surface area contributed by atoms with E-state index in [1.165, 1.54) is 0 Å². The largest absolute Gasteiger partial charge is 0.444 e. The molecule has 2 aliphatic rings. The first-order chi connectivity index (χ1) is 17.5. The Bertz CT molecular complexity index is 1160. The second-order valence-corrected chi connectivity index (χ2v) is 11.5. The van der Waals surface area contributed by atoms with Gasteiger partial charge in [0.05, 0.1) is 16.2 Å². The van der Waals surface area contributed by atoms with Crippen molar-refractivity contribution in [2.75, 3.05) is 6.54 Å². The number of rotatable bonds is 6. The standard InChI is InChI=1S/C26H33Cl2N5O4/c1-26(2,3)37-25(36)31-21(12-15-6-8-18(27)19(28)11-15)24(35)33-10-4-5-22(33)23(34)30-17-7-9-20-16(13-17)14-29-32-20/h6,8,11,14,17,21-22H,4-5,7,9-10,12-13H2,1-3H3,(H,29,32)(H,30,34)(H,31,36)/t17?,21-,22+/m1/s1. The molecule has 3 amide bonds. The molecule has 0 spiro atoms. The lowest BCUT2D eigenvalue weighted by molar-refractivity contribution is -0.140. The summed E-state index contributed by atoms with van der Waals surface area (Å²) in [5.74, 6) is -0.510. The maximum absolute atomic E-state index is 13.7. The average Bonchev–Trinajstić information content (AvgIpc) is 3.48. The number of alkyl carbamates (subject to hydrolysis) is 1. The Kier molecular flexibility index (Phi) is 8.33. The van der Waals surface area contributed by atoms with Gasteiger partial charge in [0.1, 0.15) is 17.7 Å². The molecule has 1 aliphatic heterocycles. The molecule has 1 saturated heterocycles. The minimum atomic E-state index is -0.941. The predicted molar refractivity (Wildman–Crippen MR) is 141 cm³/mol. The number of ether oxygens (including phenoxy) is 1. The molecule has 0 radical (unpaired) electrons. The van der Waals surface area contributed by atoms with Crippen LogP contribution in [0.3, 0.4) is 0 Å². The number of carbonyl (C=O) groups excluding carboxylic acids is 3. The molecule has 3 atom stereocenters. The molecule has 200 valence electrons. The van der Waals surface area contributed by atoms with Gasteiger partial charge >= 0.3 is 6.09 Å². The van der Waals surface area contributed by atoms with E-state index in [9.17, 15) is 14.4 Å². The van der Waals surface area contributed by atoms with Crippen LogP contribution in [0.1, 0.15) is 56.9 Å². The molecular weight excluding hydrogens is 517 g/mol. The summed E-state index contributed by atoms with van der Waals surface area (Å²) in [6.45, 7) is 5.68. The van der Waals surface area contributed by atoms with E-state index < -0.39 is 23.8 Å². The highest BCUT2D eigenvalue weighted by molar-refractivity contribution is 6.42. The van der Waals surface area contributed by atoms with Gasteiger partial charge in [0, 0.05) is 24.7 Å². The number of aromatic amines is 1. The summed E-state index contributed by atoms with van der Waals surface area (Å²) < 4.78 is 5.40. The highest BCUT2D eigenvalue weighted by Crippen LogP contribution is 2.25. The number of aryl methyl sites for hydroxylation is 1. The third-order valence-electron chi connectivity index (χ3n) is 6.61. The van der Waals surface area contributed by atoms with Crippen molar-refractivity contribution in [1.29, 1.82) is 0 Å². The van der Waals surface area contributed by atoms with Crippen molar-refractivity contribution in [1.82, 2.24) is 25.7 Å². The zero-order valence-corrected chi connectivity index (χ0v) is 22.8. The number of likely N-dealkylation sites (tertiary alicyclic amines) is 1. The smallest absolute Gasteiger partial charge is 0.408 e. The molecule has 0 saturated carbocycles. The Balaban J connectivity index is 1.47. The number of carbonyl (C=O) groups is 3. The van der Waals surface area contributed by atoms with Gasteiger partial charge in [0.25, 0.3) is 0 Å². The number of amides is 3. The quantitative estimate of drug-likeness (QED) is 0.506. The van der Waals surface area contributed by atoms with Gasteiger partial charge in [-0.05, 0) is 76.1 Å². The molecule has 11 heteroatoms. The first-order valence-corrected chi connectivity index (χ1v) is 13.3. The van der Waals surface area contributed by atoms with Crippen LogP contribution in [-0.2, 0) is 33.6 Å². The minimum absolute atomic E-state index is 0.0120. The van der Waals surface area contributed by atoms with Crippen molar-refractivity contribution in [2.45, 2.75) is 83.0 Å². The normalized spacial score (nSPS) is 20.2. The lowest BCUT2D eigenvalue weighted by Gasteiger charge is -2.31. The maximum atomic E-state index is 13.7. The molecule has 3 N–H and O–H groups in total. The first kappa shape index (κ1) is 27.3. The molecule has 2 aromatic rings. The Hall–Kier alpha value is -2.78. The highest BCUT2D eigenvalue weighted by Gasteiger charge is 2.39. The number of hydrogen-bond acceptors (Lipinski definition) is 5. The zero-order chi connectivity index (χ0) is 26.7. The number of nitrogens with zero attached hydrogens (tertiary/aromatic N) is 2. The first-order valence-electron chi connectivity index (χ1n) is 12.6. The second kappa shape index (κ2) is 11.3. The Morgan fingerprint density at radius 3 is 2.73 bits per heavy atom. The molecule has 9 nitrogen and oxygen atoms in total. The van der Waals surface area contributed by atoms with Crippen molar-refractivity contribution in [3.63, 3.8) is 0 Å². The van der Waals surface area contributed by atoms with Gasteiger partial charge in [0.15, 0.2) is 0 Å². The van der Waals surface area contributed by atoms with Gasteiger partial charge in [-0.15, -0.1) is 0 Å². The van der Waals surface area contributed by atoms with Crippen LogP contribution >= 0.6 is 23.2 Å². The molecule has 1 aliphatic carbocycles. The van der Waals surface area contributed by atoms with Crippen LogP contribution in [0.5, 0.6) is 0 Å². The van der Waals surface area contributed by atoms with Gasteiger partial charge in [0.2, 0.25) is 11.8 Å². The Morgan fingerprint density at radius 2 is 2.00 bits per heavy atom. The summed E-state index contributed by atoms with van der Waals surface area (Å²) in [5.41, 5.74) is 2.22. The fourth-order valence-electron chi connectivity index (χ4n) is 4.89. The van der Waals surface area contributed by atoms with Gasteiger partial charge in [-0.2, -0.15) is 5.10 Å². The lowest BCUT2D eigenvalue weighted by atomic mass is 9.93. The monoisotopic (exact) mass is 549 g/mol. The molecule has 1 fully saturated rings. The average molecular weight is 550 g/mol. The SMILES string of the molecule is CC(C)(C)OC(=O)N[C@H](Cc1ccc(Cl)c(Cl)c1)C(=O)N1CCC[C@H]1C(=O)NC1CCc2[nH]ncc2C1. The number of halogens is 2. The number of benzene rings is 1. The van der Waals surface area contributed by atoms with E-state index in [0.717, 1.165) is 29.7 Å². The van der Waals surface area contributed by atoms with Gasteiger partial charge in [-0.25, -0.2) is 4.79 Å². The third kappa shape index (κ3) is 6.96. The predicted octanol–water partition coefficient (Wildman–Crippen LogP) is 3.82. The Labute approximate surface area is 226 Å². The zero-order valence-electron chi connectivity index (χ0n) is 21.3. The topological polar surface area (TPSA) is 116 Å². The van der Waals surface area contributed by atoms with Crippen molar-refractivity contribution in [2.24, 2.45) is 0 Å². The molecule has 4 rings (SSSR count). The van der Waals surface area contributed by atoms with Gasteiger partial charge in [-0.1, -0.05) is 29.3 Å². The number of aromatic nitrogens is 2.